The Bertz CT molecular complexity index is 362. The van der Waals surface area contributed by atoms with Crippen molar-refractivity contribution in [2.45, 2.75) is 78.4 Å². The molecule has 1 aliphatic rings. The van der Waals surface area contributed by atoms with Crippen LogP contribution in [0.15, 0.2) is 0 Å². The van der Waals surface area contributed by atoms with Crippen molar-refractivity contribution in [3.05, 3.63) is 0 Å². The summed E-state index contributed by atoms with van der Waals surface area (Å²) in [7, 11) is 1.71. The third-order valence-corrected chi connectivity index (χ3v) is 4.32. The lowest BCUT2D eigenvalue weighted by atomic mass is 9.70. The first-order chi connectivity index (χ1) is 12.2. The molecule has 5 N–H and O–H groups in total. The molecular weight excluding hydrogens is 334 g/mol. The average molecular weight is 376 g/mol. The Labute approximate surface area is 159 Å². The molecule has 26 heavy (non-hydrogen) atoms. The van der Waals surface area contributed by atoms with E-state index in [1.54, 1.807) is 7.11 Å². The largest absolute Gasteiger partial charge is 0.481 e. The lowest BCUT2D eigenvalue weighted by Gasteiger charge is -2.39. The van der Waals surface area contributed by atoms with Gasteiger partial charge in [-0.25, -0.2) is 0 Å². The van der Waals surface area contributed by atoms with Gasteiger partial charge in [-0.15, -0.1) is 0 Å². The lowest BCUT2D eigenvalue weighted by molar-refractivity contribution is -0.140. The molecule has 0 saturated heterocycles. The highest BCUT2D eigenvalue weighted by atomic mass is 16.5. The van der Waals surface area contributed by atoms with E-state index >= 15 is 0 Å². The molecule has 0 unspecified atom stereocenters. The summed E-state index contributed by atoms with van der Waals surface area (Å²) in [6.45, 7) is 11.9. The Morgan fingerprint density at radius 3 is 2.15 bits per heavy atom. The third kappa shape index (κ3) is 14.0. The van der Waals surface area contributed by atoms with Gasteiger partial charge in [0.2, 0.25) is 6.41 Å². The summed E-state index contributed by atoms with van der Waals surface area (Å²) >= 11 is 0. The summed E-state index contributed by atoms with van der Waals surface area (Å²) in [6, 6.07) is 0.423. The first-order valence-corrected chi connectivity index (χ1v) is 9.55. The minimum atomic E-state index is -0.795. The number of nitrogens with one attached hydrogen (secondary N) is 2. The van der Waals surface area contributed by atoms with Gasteiger partial charge in [-0.3, -0.25) is 9.59 Å². The van der Waals surface area contributed by atoms with Gasteiger partial charge in [-0.05, 0) is 51.9 Å². The fourth-order valence-corrected chi connectivity index (χ4v) is 2.72. The van der Waals surface area contributed by atoms with Gasteiger partial charge < -0.3 is 26.2 Å². The average Bonchev–Trinajstić information content (AvgIpc) is 2.61. The molecule has 0 atom stereocenters. The molecule has 0 aromatic heterocycles. The summed E-state index contributed by atoms with van der Waals surface area (Å²) in [5, 5.41) is 15.0. The number of rotatable bonds is 8. The summed E-state index contributed by atoms with van der Waals surface area (Å²) in [4.78, 5) is 21.3. The number of nitrogens with two attached hydrogens (primary N) is 1. The van der Waals surface area contributed by atoms with Gasteiger partial charge in [-0.1, -0.05) is 13.8 Å². The number of ether oxygens (including phenoxy) is 1. The number of carbonyl (C=O) groups is 2. The van der Waals surface area contributed by atoms with Crippen molar-refractivity contribution in [2.75, 3.05) is 26.7 Å². The summed E-state index contributed by atoms with van der Waals surface area (Å²) in [5.41, 5.74) is 5.20. The summed E-state index contributed by atoms with van der Waals surface area (Å²) < 4.78 is 4.94. The number of hydrogen-bond donors (Lipinski definition) is 4. The van der Waals surface area contributed by atoms with E-state index in [0.29, 0.717) is 25.5 Å². The molecule has 0 radical (unpaired) electrons. The van der Waals surface area contributed by atoms with Crippen LogP contribution in [0.4, 0.5) is 0 Å². The van der Waals surface area contributed by atoms with E-state index in [0.717, 1.165) is 32.2 Å². The molecule has 1 rings (SSSR count). The SMILES string of the molecule is CC.COC(C)(C)C.NCCNC1CCC(CNC=O)(CC(=O)O)CC1. The molecule has 156 valence electrons. The quantitative estimate of drug-likeness (QED) is 0.483. The minimum Gasteiger partial charge on any atom is -0.481 e. The van der Waals surface area contributed by atoms with Crippen molar-refractivity contribution in [1.82, 2.24) is 10.6 Å². The van der Waals surface area contributed by atoms with Gasteiger partial charge in [0.1, 0.15) is 0 Å². The Hall–Kier alpha value is -1.18. The topological polar surface area (TPSA) is 114 Å². The molecule has 0 aromatic rings. The van der Waals surface area contributed by atoms with Gasteiger partial charge in [0.25, 0.3) is 0 Å². The molecule has 1 saturated carbocycles. The van der Waals surface area contributed by atoms with Crippen LogP contribution >= 0.6 is 0 Å². The van der Waals surface area contributed by atoms with E-state index < -0.39 is 5.97 Å². The number of hydrogen-bond acceptors (Lipinski definition) is 5. The van der Waals surface area contributed by atoms with Crippen LogP contribution in [0.2, 0.25) is 0 Å². The number of aliphatic carboxylic acids is 1. The zero-order valence-corrected chi connectivity index (χ0v) is 17.6. The molecule has 0 aromatic carbocycles. The first kappa shape index (κ1) is 27.0. The van der Waals surface area contributed by atoms with Crippen molar-refractivity contribution in [3.63, 3.8) is 0 Å². The van der Waals surface area contributed by atoms with Crippen LogP contribution in [0.3, 0.4) is 0 Å². The lowest BCUT2D eigenvalue weighted by Crippen LogP contribution is -2.44. The van der Waals surface area contributed by atoms with Crippen LogP contribution in [0.1, 0.15) is 66.7 Å². The molecule has 7 heteroatoms. The predicted octanol–water partition coefficient (Wildman–Crippen LogP) is 2.14. The molecule has 0 heterocycles. The van der Waals surface area contributed by atoms with Gasteiger partial charge in [0.05, 0.1) is 12.0 Å². The standard InChI is InChI=1S/C12H23N3O3.C5H12O.C2H6/c13-5-6-15-10-1-3-12(4-2-10,7-11(17)18)8-14-9-16;1-5(2,3)6-4;1-2/h9-10,15H,1-8,13H2,(H,14,16)(H,17,18);1-4H3;1-2H3. The molecule has 0 spiro atoms. The number of methoxy groups -OCH3 is 1. The number of carbonyl (C=O) groups excluding carboxylic acids is 1. The molecule has 0 aliphatic heterocycles. The second-order valence-corrected chi connectivity index (χ2v) is 7.40. The van der Waals surface area contributed by atoms with Crippen LogP contribution in [0.25, 0.3) is 0 Å². The van der Waals surface area contributed by atoms with Crippen LogP contribution in [-0.4, -0.2) is 55.9 Å². The fourth-order valence-electron chi connectivity index (χ4n) is 2.72. The highest BCUT2D eigenvalue weighted by Gasteiger charge is 2.36. The van der Waals surface area contributed by atoms with E-state index in [4.69, 9.17) is 15.6 Å². The Kier molecular flexibility index (Phi) is 15.5. The maximum atomic E-state index is 10.9. The highest BCUT2D eigenvalue weighted by molar-refractivity contribution is 5.67. The molecule has 1 aliphatic carbocycles. The monoisotopic (exact) mass is 375 g/mol. The Morgan fingerprint density at radius 1 is 1.31 bits per heavy atom. The van der Waals surface area contributed by atoms with E-state index in [2.05, 4.69) is 10.6 Å². The second kappa shape index (κ2) is 14.9. The Balaban J connectivity index is 0. The minimum absolute atomic E-state index is 0.0417. The zero-order chi connectivity index (χ0) is 20.6. The van der Waals surface area contributed by atoms with Crippen molar-refractivity contribution >= 4 is 12.4 Å². The normalized spacial score (nSPS) is 22.2. The summed E-state index contributed by atoms with van der Waals surface area (Å²) in [5.74, 6) is -0.795. The first-order valence-electron chi connectivity index (χ1n) is 9.55. The van der Waals surface area contributed by atoms with Crippen LogP contribution in [-0.2, 0) is 14.3 Å². The van der Waals surface area contributed by atoms with Crippen molar-refractivity contribution in [3.8, 4) is 0 Å². The molecule has 1 amide bonds. The van der Waals surface area contributed by atoms with Crippen LogP contribution in [0, 0.1) is 5.41 Å². The second-order valence-electron chi connectivity index (χ2n) is 7.40. The van der Waals surface area contributed by atoms with Gasteiger partial charge >= 0.3 is 5.97 Å². The fraction of sp³-hybridized carbons (Fsp3) is 0.895. The number of amides is 1. The molecular formula is C19H41N3O4. The number of carboxylic acid groups (broad SMARTS) is 1. The Morgan fingerprint density at radius 2 is 1.81 bits per heavy atom. The highest BCUT2D eigenvalue weighted by Crippen LogP contribution is 2.38. The maximum Gasteiger partial charge on any atom is 0.303 e. The molecule has 0 bridgehead atoms. The van der Waals surface area contributed by atoms with Gasteiger partial charge in [-0.2, -0.15) is 0 Å². The zero-order valence-electron chi connectivity index (χ0n) is 17.6. The van der Waals surface area contributed by atoms with Crippen molar-refractivity contribution in [1.29, 1.82) is 0 Å². The predicted molar refractivity (Wildman–Crippen MR) is 106 cm³/mol. The van der Waals surface area contributed by atoms with E-state index in [9.17, 15) is 9.59 Å². The molecule has 1 fully saturated rings. The van der Waals surface area contributed by atoms with Gasteiger partial charge in [0, 0.05) is 32.8 Å². The van der Waals surface area contributed by atoms with E-state index in [1.165, 1.54) is 0 Å². The van der Waals surface area contributed by atoms with Crippen LogP contribution < -0.4 is 16.4 Å². The smallest absolute Gasteiger partial charge is 0.303 e. The van der Waals surface area contributed by atoms with E-state index in [1.807, 2.05) is 34.6 Å². The maximum absolute atomic E-state index is 10.9. The van der Waals surface area contributed by atoms with Gasteiger partial charge in [0.15, 0.2) is 0 Å². The van der Waals surface area contributed by atoms with Crippen LogP contribution in [0.5, 0.6) is 0 Å². The van der Waals surface area contributed by atoms with E-state index in [-0.39, 0.29) is 17.4 Å². The van der Waals surface area contributed by atoms with Crippen molar-refractivity contribution < 1.29 is 19.4 Å². The van der Waals surface area contributed by atoms with Crippen molar-refractivity contribution in [2.24, 2.45) is 11.1 Å². The summed E-state index contributed by atoms with van der Waals surface area (Å²) in [6.07, 6.45) is 4.28. The number of carboxylic acids is 1. The third-order valence-electron chi connectivity index (χ3n) is 4.32. The molecule has 7 nitrogen and oxygen atoms in total.